The van der Waals surface area contributed by atoms with E-state index in [4.69, 9.17) is 9.16 Å². The van der Waals surface area contributed by atoms with Gasteiger partial charge in [-0.1, -0.05) is 93.6 Å². The number of unbranched alkanes of at least 4 members (excludes halogenated alkanes) is 1. The second kappa shape index (κ2) is 14.7. The van der Waals surface area contributed by atoms with E-state index in [-0.39, 0.29) is 5.04 Å². The summed E-state index contributed by atoms with van der Waals surface area (Å²) in [6.45, 7) is 9.74. The SMILES string of the molecule is CC(C)(C)[Si](OCCOc1cccc(B(O)O)c1)(c1ccccc1)c1ccccc1.[Li][CH2]CCC. The summed E-state index contributed by atoms with van der Waals surface area (Å²) >= 11 is 2.21. The predicted octanol–water partition coefficient (Wildman–Crippen LogP) is 3.70. The molecule has 4 nitrogen and oxygen atoms in total. The van der Waals surface area contributed by atoms with E-state index in [1.54, 1.807) is 24.3 Å². The fraction of sp³-hybridized carbons (Fsp3) is 0.357. The van der Waals surface area contributed by atoms with E-state index in [2.05, 4.69) is 93.9 Å². The minimum atomic E-state index is -2.58. The summed E-state index contributed by atoms with van der Waals surface area (Å²) in [6.07, 6.45) is 2.73. The molecule has 0 aliphatic heterocycles. The molecule has 35 heavy (non-hydrogen) atoms. The Balaban J connectivity index is 0.000000784. The van der Waals surface area contributed by atoms with Crippen molar-refractivity contribution in [3.8, 4) is 5.75 Å². The van der Waals surface area contributed by atoms with Crippen LogP contribution in [0.15, 0.2) is 84.9 Å². The first-order valence-corrected chi connectivity index (χ1v) is 14.5. The van der Waals surface area contributed by atoms with Gasteiger partial charge in [0.15, 0.2) is 0 Å². The van der Waals surface area contributed by atoms with Crippen LogP contribution < -0.4 is 20.6 Å². The second-order valence-corrected chi connectivity index (χ2v) is 14.0. The number of hydrogen-bond acceptors (Lipinski definition) is 4. The van der Waals surface area contributed by atoms with Crippen LogP contribution in [-0.4, -0.2) is 56.4 Å². The Hall–Kier alpha value is -1.78. The van der Waals surface area contributed by atoms with Gasteiger partial charge in [0.1, 0.15) is 12.4 Å². The van der Waals surface area contributed by atoms with Gasteiger partial charge >= 0.3 is 49.7 Å². The molecule has 182 valence electrons. The van der Waals surface area contributed by atoms with Gasteiger partial charge in [0, 0.05) is 0 Å². The molecule has 0 aliphatic carbocycles. The molecule has 3 rings (SSSR count). The average Bonchev–Trinajstić information content (AvgIpc) is 2.85. The Kier molecular flexibility index (Phi) is 12.4. The molecule has 3 aromatic rings. The molecule has 0 spiro atoms. The molecule has 0 saturated heterocycles. The molecule has 0 aliphatic rings. The van der Waals surface area contributed by atoms with Crippen LogP contribution in [0, 0.1) is 0 Å². The summed E-state index contributed by atoms with van der Waals surface area (Å²) in [4.78, 5) is 0. The fourth-order valence-corrected chi connectivity index (χ4v) is 8.78. The van der Waals surface area contributed by atoms with Gasteiger partial charge in [-0.05, 0) is 33.0 Å². The maximum atomic E-state index is 9.35. The van der Waals surface area contributed by atoms with Crippen molar-refractivity contribution in [3.63, 3.8) is 0 Å². The monoisotopic (exact) mass is 484 g/mol. The van der Waals surface area contributed by atoms with Gasteiger partial charge in [-0.2, -0.15) is 0 Å². The van der Waals surface area contributed by atoms with Crippen LogP contribution in [0.5, 0.6) is 5.75 Å². The molecule has 0 fully saturated rings. The van der Waals surface area contributed by atoms with E-state index in [1.165, 1.54) is 28.3 Å². The van der Waals surface area contributed by atoms with Crippen molar-refractivity contribution in [2.75, 3.05) is 13.2 Å². The Bertz CT molecular complexity index is 940. The topological polar surface area (TPSA) is 58.9 Å². The molecule has 0 amide bonds. The summed E-state index contributed by atoms with van der Waals surface area (Å²) in [5.74, 6) is 0.589. The fourth-order valence-electron chi connectivity index (χ4n) is 4.23. The van der Waals surface area contributed by atoms with Crippen LogP contribution in [0.1, 0.15) is 40.5 Å². The first kappa shape index (κ1) is 29.4. The maximum absolute atomic E-state index is 9.35. The average molecular weight is 484 g/mol. The molecule has 3 aromatic carbocycles. The van der Waals surface area contributed by atoms with Crippen molar-refractivity contribution in [1.82, 2.24) is 0 Å². The molecule has 0 bridgehead atoms. The molecule has 0 atom stereocenters. The van der Waals surface area contributed by atoms with Gasteiger partial charge in [0.05, 0.1) is 6.61 Å². The molecule has 0 heterocycles. The number of hydrogen-bond donors (Lipinski definition) is 2. The number of rotatable bonds is 10. The van der Waals surface area contributed by atoms with E-state index >= 15 is 0 Å². The van der Waals surface area contributed by atoms with Crippen LogP contribution in [-0.2, 0) is 4.43 Å². The molecule has 0 aromatic heterocycles. The Morgan fingerprint density at radius 3 is 1.83 bits per heavy atom. The van der Waals surface area contributed by atoms with Crippen molar-refractivity contribution >= 4 is 49.0 Å². The van der Waals surface area contributed by atoms with Crippen LogP contribution in [0.25, 0.3) is 0 Å². The minimum absolute atomic E-state index is 0.0867. The van der Waals surface area contributed by atoms with Crippen molar-refractivity contribution in [3.05, 3.63) is 84.9 Å². The third-order valence-electron chi connectivity index (χ3n) is 5.95. The van der Waals surface area contributed by atoms with Gasteiger partial charge < -0.3 is 19.2 Å². The zero-order chi connectivity index (χ0) is 25.7. The van der Waals surface area contributed by atoms with E-state index in [9.17, 15) is 10.0 Å². The Morgan fingerprint density at radius 2 is 1.40 bits per heavy atom. The van der Waals surface area contributed by atoms with E-state index in [0.717, 1.165) is 0 Å². The van der Waals surface area contributed by atoms with Gasteiger partial charge in [0.2, 0.25) is 0 Å². The van der Waals surface area contributed by atoms with Crippen LogP contribution in [0.2, 0.25) is 10.1 Å². The third-order valence-corrected chi connectivity index (χ3v) is 11.0. The summed E-state index contributed by atoms with van der Waals surface area (Å²) in [5, 5.41) is 22.4. The third kappa shape index (κ3) is 8.39. The summed E-state index contributed by atoms with van der Waals surface area (Å²) in [5.41, 5.74) is 0.403. The van der Waals surface area contributed by atoms with Crippen LogP contribution in [0.3, 0.4) is 0 Å². The van der Waals surface area contributed by atoms with Gasteiger partial charge in [0.25, 0.3) is 8.32 Å². The van der Waals surface area contributed by atoms with Crippen LogP contribution in [0.4, 0.5) is 0 Å². The van der Waals surface area contributed by atoms with Crippen molar-refractivity contribution in [2.45, 2.75) is 50.7 Å². The summed E-state index contributed by atoms with van der Waals surface area (Å²) in [6, 6.07) is 27.8. The first-order valence-electron chi connectivity index (χ1n) is 12.6. The quantitative estimate of drug-likeness (QED) is 0.341. The molecule has 2 N–H and O–H groups in total. The molecular weight excluding hydrogens is 446 g/mol. The summed E-state index contributed by atoms with van der Waals surface area (Å²) in [7, 11) is -4.09. The zero-order valence-electron chi connectivity index (χ0n) is 21.9. The summed E-state index contributed by atoms with van der Waals surface area (Å²) < 4.78 is 12.6. The molecule has 0 unspecified atom stereocenters. The van der Waals surface area contributed by atoms with E-state index < -0.39 is 15.4 Å². The van der Waals surface area contributed by atoms with Gasteiger partial charge in [-0.15, -0.1) is 0 Å². The van der Waals surface area contributed by atoms with E-state index in [1.807, 2.05) is 12.1 Å². The standard InChI is InChI=1S/C24H29BO4Si.C4H9.Li/c1-24(2,3)30(22-13-6-4-7-14-22,23-15-8-5-9-16-23)29-18-17-28-21-12-10-11-20(19-21)25(26)27;1-3-4-2;/h4-16,19,26-27H,17-18H2,1-3H3;1,3-4H2,2H3;. The van der Waals surface area contributed by atoms with Crippen molar-refractivity contribution < 1.29 is 19.2 Å². The molecule has 7 heteroatoms. The predicted molar refractivity (Wildman–Crippen MR) is 151 cm³/mol. The number of ether oxygens (including phenoxy) is 1. The molecule has 0 radical (unpaired) electrons. The zero-order valence-corrected chi connectivity index (χ0v) is 22.9. The Morgan fingerprint density at radius 1 is 0.829 bits per heavy atom. The van der Waals surface area contributed by atoms with Gasteiger partial charge in [-0.25, -0.2) is 0 Å². The van der Waals surface area contributed by atoms with E-state index in [0.29, 0.717) is 24.4 Å². The first-order chi connectivity index (χ1) is 16.8. The normalized spacial score (nSPS) is 11.4. The Labute approximate surface area is 222 Å². The molecule has 0 saturated carbocycles. The number of benzene rings is 3. The molecular formula is C28H38BLiO4Si. The van der Waals surface area contributed by atoms with Crippen LogP contribution >= 0.6 is 0 Å². The van der Waals surface area contributed by atoms with Crippen molar-refractivity contribution in [2.24, 2.45) is 0 Å². The van der Waals surface area contributed by atoms with Crippen molar-refractivity contribution in [1.29, 1.82) is 0 Å². The van der Waals surface area contributed by atoms with Gasteiger partial charge in [-0.3, -0.25) is 0 Å². The second-order valence-electron chi connectivity index (χ2n) is 9.66.